The van der Waals surface area contributed by atoms with Crippen molar-refractivity contribution in [1.29, 1.82) is 10.8 Å². The standard InChI is InChI=1S/C18H24N6/c19-5-1-13(9-20)14-10-23-17-16(14)15(2-6-22-17)24-8-4-18(12-24)3-7-21-11-18/h1-2,5,9-10,19-23H,3-4,6-8,11-12H2/b13-1+,19-5?,20-9?. The first-order valence-electron chi connectivity index (χ1n) is 8.59. The molecule has 6 nitrogen and oxygen atoms in total. The van der Waals surface area contributed by atoms with E-state index in [-0.39, 0.29) is 0 Å². The zero-order valence-corrected chi connectivity index (χ0v) is 13.8. The zero-order valence-electron chi connectivity index (χ0n) is 13.8. The van der Waals surface area contributed by atoms with Crippen LogP contribution >= 0.6 is 0 Å². The van der Waals surface area contributed by atoms with E-state index in [2.05, 4.69) is 26.6 Å². The molecule has 4 heterocycles. The molecule has 0 bridgehead atoms. The lowest BCUT2D eigenvalue weighted by atomic mass is 9.86. The third-order valence-corrected chi connectivity index (χ3v) is 5.55. The van der Waals surface area contributed by atoms with Gasteiger partial charge in [0.15, 0.2) is 0 Å². The number of rotatable bonds is 4. The van der Waals surface area contributed by atoms with Gasteiger partial charge in [0, 0.05) is 72.6 Å². The summed E-state index contributed by atoms with van der Waals surface area (Å²) in [6.07, 6.45) is 11.0. The fourth-order valence-electron chi connectivity index (χ4n) is 4.29. The highest BCUT2D eigenvalue weighted by molar-refractivity contribution is 6.14. The van der Waals surface area contributed by atoms with Crippen LogP contribution in [-0.2, 0) is 0 Å². The van der Waals surface area contributed by atoms with E-state index in [4.69, 9.17) is 10.8 Å². The number of allylic oxidation sites excluding steroid dienone is 2. The first-order valence-corrected chi connectivity index (χ1v) is 8.59. The van der Waals surface area contributed by atoms with Crippen molar-refractivity contribution in [3.05, 3.63) is 29.5 Å². The number of aromatic amines is 1. The zero-order chi connectivity index (χ0) is 16.6. The van der Waals surface area contributed by atoms with Gasteiger partial charge in [-0.05, 0) is 31.5 Å². The molecule has 2 fully saturated rings. The number of aromatic nitrogens is 1. The van der Waals surface area contributed by atoms with E-state index in [1.807, 2.05) is 6.20 Å². The number of hydrogen-bond donors (Lipinski definition) is 5. The van der Waals surface area contributed by atoms with Crippen molar-refractivity contribution in [1.82, 2.24) is 15.2 Å². The smallest absolute Gasteiger partial charge is 0.113 e. The summed E-state index contributed by atoms with van der Waals surface area (Å²) in [7, 11) is 0. The molecule has 0 aliphatic carbocycles. The Morgan fingerprint density at radius 3 is 2.96 bits per heavy atom. The summed E-state index contributed by atoms with van der Waals surface area (Å²) >= 11 is 0. The van der Waals surface area contributed by atoms with E-state index in [1.54, 1.807) is 6.08 Å². The molecular weight excluding hydrogens is 300 g/mol. The van der Waals surface area contributed by atoms with Crippen LogP contribution < -0.4 is 10.6 Å². The highest BCUT2D eigenvalue weighted by atomic mass is 15.2. The Balaban J connectivity index is 1.69. The summed E-state index contributed by atoms with van der Waals surface area (Å²) in [6.45, 7) is 5.27. The minimum atomic E-state index is 0.428. The van der Waals surface area contributed by atoms with Crippen molar-refractivity contribution in [3.8, 4) is 0 Å². The van der Waals surface area contributed by atoms with Crippen LogP contribution in [0.15, 0.2) is 18.3 Å². The Kier molecular flexibility index (Phi) is 3.76. The van der Waals surface area contributed by atoms with Gasteiger partial charge >= 0.3 is 0 Å². The highest BCUT2D eigenvalue weighted by Gasteiger charge is 2.41. The van der Waals surface area contributed by atoms with Crippen LogP contribution in [0.1, 0.15) is 24.0 Å². The molecule has 3 aliphatic rings. The molecule has 1 spiro atoms. The molecule has 5 N–H and O–H groups in total. The SMILES string of the molecule is N=C/C=C(\C=N)c1c[nH]c2c1C(N1CCC3(CCNC3)C1)=CCN2. The summed E-state index contributed by atoms with van der Waals surface area (Å²) in [4.78, 5) is 5.81. The van der Waals surface area contributed by atoms with E-state index in [9.17, 15) is 0 Å². The van der Waals surface area contributed by atoms with Gasteiger partial charge in [-0.3, -0.25) is 0 Å². The molecule has 24 heavy (non-hydrogen) atoms. The topological polar surface area (TPSA) is 90.8 Å². The maximum absolute atomic E-state index is 7.69. The van der Waals surface area contributed by atoms with Crippen LogP contribution in [0, 0.1) is 16.2 Å². The molecule has 0 saturated carbocycles. The Hall–Kier alpha value is -2.34. The predicted octanol–water partition coefficient (Wildman–Crippen LogP) is 2.15. The van der Waals surface area contributed by atoms with Crippen LogP contribution in [0.4, 0.5) is 5.82 Å². The Morgan fingerprint density at radius 2 is 2.21 bits per heavy atom. The number of H-pyrrole nitrogens is 1. The second-order valence-electron chi connectivity index (χ2n) is 6.95. The monoisotopic (exact) mass is 324 g/mol. The lowest BCUT2D eigenvalue weighted by Gasteiger charge is -2.29. The van der Waals surface area contributed by atoms with Gasteiger partial charge in [-0.25, -0.2) is 0 Å². The van der Waals surface area contributed by atoms with E-state index < -0.39 is 0 Å². The predicted molar refractivity (Wildman–Crippen MR) is 98.9 cm³/mol. The second-order valence-corrected chi connectivity index (χ2v) is 6.95. The van der Waals surface area contributed by atoms with Crippen molar-refractivity contribution in [2.75, 3.05) is 38.0 Å². The number of nitrogens with zero attached hydrogens (tertiary/aromatic N) is 1. The van der Waals surface area contributed by atoms with Gasteiger partial charge in [0.25, 0.3) is 0 Å². The third kappa shape index (κ3) is 2.38. The molecule has 2 saturated heterocycles. The Bertz CT molecular complexity index is 720. The third-order valence-electron chi connectivity index (χ3n) is 5.55. The molecule has 4 rings (SSSR count). The average molecular weight is 324 g/mol. The van der Waals surface area contributed by atoms with Gasteiger partial charge < -0.3 is 31.3 Å². The van der Waals surface area contributed by atoms with Crippen molar-refractivity contribution in [3.63, 3.8) is 0 Å². The minimum Gasteiger partial charge on any atom is -0.370 e. The largest absolute Gasteiger partial charge is 0.370 e. The number of likely N-dealkylation sites (tertiary alicyclic amines) is 1. The van der Waals surface area contributed by atoms with Crippen molar-refractivity contribution >= 4 is 29.5 Å². The molecule has 0 amide bonds. The van der Waals surface area contributed by atoms with Crippen LogP contribution in [-0.4, -0.2) is 55.0 Å². The molecular formula is C18H24N6. The van der Waals surface area contributed by atoms with Crippen molar-refractivity contribution in [2.24, 2.45) is 5.41 Å². The number of nitrogens with one attached hydrogen (secondary N) is 5. The Labute approximate surface area is 142 Å². The van der Waals surface area contributed by atoms with Gasteiger partial charge in [0.2, 0.25) is 0 Å². The summed E-state index contributed by atoms with van der Waals surface area (Å²) in [6, 6.07) is 0. The van der Waals surface area contributed by atoms with Gasteiger partial charge in [-0.15, -0.1) is 0 Å². The lowest BCUT2D eigenvalue weighted by molar-refractivity contribution is 0.331. The van der Waals surface area contributed by atoms with Gasteiger partial charge in [-0.1, -0.05) is 0 Å². The van der Waals surface area contributed by atoms with Crippen LogP contribution in [0.3, 0.4) is 0 Å². The number of anilines is 1. The first-order chi connectivity index (χ1) is 11.8. The van der Waals surface area contributed by atoms with E-state index >= 15 is 0 Å². The highest BCUT2D eigenvalue weighted by Crippen LogP contribution is 2.42. The van der Waals surface area contributed by atoms with Crippen molar-refractivity contribution < 1.29 is 0 Å². The molecule has 3 aliphatic heterocycles. The van der Waals surface area contributed by atoms with E-state index in [1.165, 1.54) is 31.0 Å². The lowest BCUT2D eigenvalue weighted by Crippen LogP contribution is -2.29. The number of fused-ring (bicyclic) bond motifs is 1. The summed E-state index contributed by atoms with van der Waals surface area (Å²) in [5.74, 6) is 1.02. The summed E-state index contributed by atoms with van der Waals surface area (Å²) in [5, 5.41) is 21.9. The summed E-state index contributed by atoms with van der Waals surface area (Å²) in [5.41, 5.74) is 4.58. The summed E-state index contributed by atoms with van der Waals surface area (Å²) < 4.78 is 0. The first kappa shape index (κ1) is 15.2. The maximum atomic E-state index is 7.69. The second kappa shape index (κ2) is 5.94. The molecule has 1 unspecified atom stereocenters. The van der Waals surface area contributed by atoms with E-state index in [0.717, 1.165) is 55.2 Å². The minimum absolute atomic E-state index is 0.428. The van der Waals surface area contributed by atoms with Gasteiger partial charge in [-0.2, -0.15) is 0 Å². The Morgan fingerprint density at radius 1 is 1.29 bits per heavy atom. The molecule has 126 valence electrons. The van der Waals surface area contributed by atoms with Gasteiger partial charge in [0.05, 0.1) is 0 Å². The molecule has 0 radical (unpaired) electrons. The van der Waals surface area contributed by atoms with Gasteiger partial charge in [0.1, 0.15) is 5.82 Å². The maximum Gasteiger partial charge on any atom is 0.113 e. The van der Waals surface area contributed by atoms with Crippen molar-refractivity contribution in [2.45, 2.75) is 12.8 Å². The van der Waals surface area contributed by atoms with Crippen LogP contribution in [0.25, 0.3) is 11.3 Å². The molecule has 0 aromatic carbocycles. The fourth-order valence-corrected chi connectivity index (χ4v) is 4.29. The number of hydrogen-bond acceptors (Lipinski definition) is 5. The fraction of sp³-hybridized carbons (Fsp3) is 0.444. The van der Waals surface area contributed by atoms with E-state index in [0.29, 0.717) is 5.41 Å². The normalized spacial score (nSPS) is 26.2. The van der Waals surface area contributed by atoms with Crippen LogP contribution in [0.5, 0.6) is 0 Å². The molecule has 1 atom stereocenters. The molecule has 6 heteroatoms. The average Bonchev–Trinajstić information content (AvgIpc) is 3.33. The molecule has 1 aromatic rings. The van der Waals surface area contributed by atoms with Crippen LogP contribution in [0.2, 0.25) is 0 Å². The quantitative estimate of drug-likeness (QED) is 0.550. The molecule has 1 aromatic heterocycles.